The molecule has 1 atom stereocenters. The van der Waals surface area contributed by atoms with Crippen LogP contribution in [0.1, 0.15) is 12.0 Å². The molecule has 4 nitrogen and oxygen atoms in total. The maximum atomic E-state index is 6.83. The van der Waals surface area contributed by atoms with E-state index in [0.717, 1.165) is 95.0 Å². The molecule has 272 valence electrons. The van der Waals surface area contributed by atoms with E-state index in [9.17, 15) is 0 Å². The molecule has 2 heterocycles. The monoisotopic (exact) mass is 734 g/mol. The molecule has 0 fully saturated rings. The molecule has 0 aliphatic heterocycles. The molecule has 1 unspecified atom stereocenters. The number of rotatable bonds is 10. The molecule has 0 N–H and O–H groups in total. The number of hydrogen-bond acceptors (Lipinski definition) is 4. The van der Waals surface area contributed by atoms with Gasteiger partial charge in [0.1, 0.15) is 16.7 Å². The molecule has 4 heteroatoms. The van der Waals surface area contributed by atoms with Crippen LogP contribution in [0.5, 0.6) is 0 Å². The number of nitrogens with zero attached hydrogens (tertiary/aromatic N) is 2. The first-order valence-electron chi connectivity index (χ1n) is 19.3. The summed E-state index contributed by atoms with van der Waals surface area (Å²) >= 11 is 0. The number of furan rings is 1. The van der Waals surface area contributed by atoms with E-state index in [1.807, 2.05) is 30.3 Å². The third-order valence-electron chi connectivity index (χ3n) is 10.7. The topological polar surface area (TPSA) is 42.4 Å². The van der Waals surface area contributed by atoms with Crippen molar-refractivity contribution in [3.8, 4) is 33.7 Å². The van der Waals surface area contributed by atoms with Crippen LogP contribution in [0.25, 0.3) is 83.6 Å². The molecule has 0 spiro atoms. The van der Waals surface area contributed by atoms with Gasteiger partial charge in [-0.25, -0.2) is 4.98 Å². The highest BCUT2D eigenvalue weighted by molar-refractivity contribution is 6.21. The smallest absolute Gasteiger partial charge is 0.227 e. The molecule has 2 aromatic heterocycles. The lowest BCUT2D eigenvalue weighted by Crippen LogP contribution is -2.29. The first-order valence-corrected chi connectivity index (χ1v) is 19.3. The van der Waals surface area contributed by atoms with E-state index in [4.69, 9.17) is 13.8 Å². The van der Waals surface area contributed by atoms with E-state index in [0.29, 0.717) is 5.89 Å². The third kappa shape index (κ3) is 6.47. The van der Waals surface area contributed by atoms with Crippen LogP contribution in [0.3, 0.4) is 0 Å². The van der Waals surface area contributed by atoms with Crippen LogP contribution in [0.2, 0.25) is 0 Å². The lowest BCUT2D eigenvalue weighted by Gasteiger charge is -2.34. The second-order valence-electron chi connectivity index (χ2n) is 14.3. The third-order valence-corrected chi connectivity index (χ3v) is 10.7. The Kier molecular flexibility index (Phi) is 8.77. The highest BCUT2D eigenvalue weighted by Crippen LogP contribution is 2.47. The summed E-state index contributed by atoms with van der Waals surface area (Å²) in [5, 5.41) is 4.27. The molecule has 57 heavy (non-hydrogen) atoms. The van der Waals surface area contributed by atoms with Gasteiger partial charge in [0, 0.05) is 22.0 Å². The van der Waals surface area contributed by atoms with Crippen molar-refractivity contribution in [3.63, 3.8) is 0 Å². The minimum atomic E-state index is -0.127. The first kappa shape index (κ1) is 34.1. The normalized spacial score (nSPS) is 12.2. The number of aromatic nitrogens is 1. The molecule has 0 aliphatic rings. The Morgan fingerprint density at radius 2 is 1.21 bits per heavy atom. The minimum Gasteiger partial charge on any atom is -0.456 e. The highest BCUT2D eigenvalue weighted by Gasteiger charge is 2.27. The molecule has 0 aliphatic carbocycles. The summed E-state index contributed by atoms with van der Waals surface area (Å²) in [6.07, 6.45) is 7.26. The maximum Gasteiger partial charge on any atom is 0.227 e. The van der Waals surface area contributed by atoms with E-state index < -0.39 is 0 Å². The predicted molar refractivity (Wildman–Crippen MR) is 238 cm³/mol. The van der Waals surface area contributed by atoms with Gasteiger partial charge in [-0.15, -0.1) is 6.58 Å². The van der Waals surface area contributed by atoms with Crippen molar-refractivity contribution in [2.45, 2.75) is 12.5 Å². The van der Waals surface area contributed by atoms with Crippen molar-refractivity contribution >= 4 is 61.3 Å². The molecule has 10 aromatic rings. The molecule has 8 aromatic carbocycles. The van der Waals surface area contributed by atoms with Crippen molar-refractivity contribution < 1.29 is 8.83 Å². The van der Waals surface area contributed by atoms with Gasteiger partial charge in [0.2, 0.25) is 5.89 Å². The fraction of sp³-hybridized carbons (Fsp3) is 0.0377. The van der Waals surface area contributed by atoms with Crippen LogP contribution in [-0.4, -0.2) is 11.0 Å². The summed E-state index contributed by atoms with van der Waals surface area (Å²) in [5.41, 5.74) is 11.9. The van der Waals surface area contributed by atoms with Crippen LogP contribution in [0, 0.1) is 0 Å². The molecular weight excluding hydrogens is 697 g/mol. The minimum absolute atomic E-state index is 0.127. The zero-order valence-electron chi connectivity index (χ0n) is 31.3. The summed E-state index contributed by atoms with van der Waals surface area (Å²) < 4.78 is 13.0. The van der Waals surface area contributed by atoms with E-state index >= 15 is 0 Å². The standard InChI is InChI=1S/C53H38N2O2/c1-2-43(25-16-19-36-17-6-3-7-18-36)55(44-32-41(37-20-8-4-9-21-37)31-42(33-44)38-22-10-5-11-23-38)52-45-26-13-12-24-39(45)34-50-51(52)46-30-29-40(35-49(46)56-50)53-54-47-27-14-15-28-48(47)57-53/h2-24,26-35,43H,1,25H2/b19-16+. The predicted octanol–water partition coefficient (Wildman–Crippen LogP) is 14.7. The molecule has 0 saturated heterocycles. The fourth-order valence-corrected chi connectivity index (χ4v) is 8.00. The Morgan fingerprint density at radius 3 is 1.93 bits per heavy atom. The molecule has 0 bridgehead atoms. The molecule has 0 amide bonds. The summed E-state index contributed by atoms with van der Waals surface area (Å²) in [4.78, 5) is 7.27. The van der Waals surface area contributed by atoms with Gasteiger partial charge >= 0.3 is 0 Å². The summed E-state index contributed by atoms with van der Waals surface area (Å²) in [6.45, 7) is 4.48. The summed E-state index contributed by atoms with van der Waals surface area (Å²) in [5.74, 6) is 0.564. The van der Waals surface area contributed by atoms with Crippen molar-refractivity contribution in [1.29, 1.82) is 0 Å². The van der Waals surface area contributed by atoms with E-state index in [1.54, 1.807) is 0 Å². The van der Waals surface area contributed by atoms with Gasteiger partial charge in [-0.2, -0.15) is 0 Å². The maximum absolute atomic E-state index is 6.83. The molecular formula is C53H38N2O2. The zero-order valence-corrected chi connectivity index (χ0v) is 31.3. The number of hydrogen-bond donors (Lipinski definition) is 0. The average molecular weight is 735 g/mol. The quantitative estimate of drug-likeness (QED) is 0.131. The lowest BCUT2D eigenvalue weighted by atomic mass is 9.95. The molecule has 10 rings (SSSR count). The van der Waals surface area contributed by atoms with Crippen LogP contribution in [0.4, 0.5) is 11.4 Å². The second kappa shape index (κ2) is 14.7. The van der Waals surface area contributed by atoms with Gasteiger partial charge in [0.25, 0.3) is 0 Å². The van der Waals surface area contributed by atoms with Crippen molar-refractivity contribution in [3.05, 3.63) is 206 Å². The number of para-hydroxylation sites is 2. The lowest BCUT2D eigenvalue weighted by molar-refractivity contribution is 0.619. The van der Waals surface area contributed by atoms with Crippen molar-refractivity contribution in [2.24, 2.45) is 0 Å². The largest absolute Gasteiger partial charge is 0.456 e. The van der Waals surface area contributed by atoms with Crippen molar-refractivity contribution in [2.75, 3.05) is 4.90 Å². The van der Waals surface area contributed by atoms with Gasteiger partial charge in [0.15, 0.2) is 5.58 Å². The van der Waals surface area contributed by atoms with Gasteiger partial charge in [-0.3, -0.25) is 0 Å². The molecule has 0 radical (unpaired) electrons. The SMILES string of the molecule is C=CC(C/C=C/c1ccccc1)N(c1cc(-c2ccccc2)cc(-c2ccccc2)c1)c1c2ccccc2cc2oc3cc(-c4nc5ccccc5o4)ccc3c12. The Labute approximate surface area is 331 Å². The number of oxazole rings is 1. The van der Waals surface area contributed by atoms with Crippen LogP contribution < -0.4 is 4.90 Å². The van der Waals surface area contributed by atoms with E-state index in [1.165, 1.54) is 0 Å². The average Bonchev–Trinajstić information content (AvgIpc) is 3.88. The Bertz CT molecular complexity index is 2980. The van der Waals surface area contributed by atoms with Gasteiger partial charge in [-0.1, -0.05) is 146 Å². The Balaban J connectivity index is 1.23. The van der Waals surface area contributed by atoms with E-state index in [2.05, 4.69) is 181 Å². The van der Waals surface area contributed by atoms with Crippen molar-refractivity contribution in [1.82, 2.24) is 4.98 Å². The zero-order chi connectivity index (χ0) is 38.1. The first-order chi connectivity index (χ1) is 28.2. The second-order valence-corrected chi connectivity index (χ2v) is 14.3. The van der Waals surface area contributed by atoms with Gasteiger partial charge < -0.3 is 13.7 Å². The van der Waals surface area contributed by atoms with Crippen LogP contribution in [0.15, 0.2) is 210 Å². The molecule has 0 saturated carbocycles. The van der Waals surface area contributed by atoms with Crippen LogP contribution in [-0.2, 0) is 0 Å². The number of benzene rings is 8. The van der Waals surface area contributed by atoms with Gasteiger partial charge in [-0.05, 0) is 94.2 Å². The summed E-state index contributed by atoms with van der Waals surface area (Å²) in [7, 11) is 0. The Hall–Kier alpha value is -7.43. The number of anilines is 2. The summed E-state index contributed by atoms with van der Waals surface area (Å²) in [6, 6.07) is 63.4. The van der Waals surface area contributed by atoms with Gasteiger partial charge in [0.05, 0.1) is 17.1 Å². The number of fused-ring (bicyclic) bond motifs is 5. The van der Waals surface area contributed by atoms with Crippen LogP contribution >= 0.6 is 0 Å². The fourth-order valence-electron chi connectivity index (χ4n) is 8.00. The van der Waals surface area contributed by atoms with E-state index in [-0.39, 0.29) is 6.04 Å². The Morgan fingerprint density at radius 1 is 0.544 bits per heavy atom. The highest BCUT2D eigenvalue weighted by atomic mass is 16.3.